The molecule has 8 heteroatoms. The Hall–Kier alpha value is -1.58. The maximum absolute atomic E-state index is 11.5. The van der Waals surface area contributed by atoms with E-state index < -0.39 is 36.4 Å². The monoisotopic (exact) mass is 683 g/mol. The SMILES string of the molecule is CCCCCCCCCCCCC/C=C/C(O)C(N)C(OC(C)=O)C(C)=O.CCCCCCCCCCCCC/C=C/C(O)C(N)CO. The molecule has 5 unspecified atom stereocenters. The first-order valence-corrected chi connectivity index (χ1v) is 19.6. The molecule has 284 valence electrons. The lowest BCUT2D eigenvalue weighted by molar-refractivity contribution is -0.154. The Kier molecular flexibility index (Phi) is 37.1. The average Bonchev–Trinajstić information content (AvgIpc) is 3.06. The van der Waals surface area contributed by atoms with Gasteiger partial charge in [0.2, 0.25) is 0 Å². The molecular weight excluding hydrogens is 604 g/mol. The molecule has 0 rings (SSSR count). The Labute approximate surface area is 295 Å². The van der Waals surface area contributed by atoms with Crippen LogP contribution in [0, 0.1) is 0 Å². The molecule has 5 atom stereocenters. The van der Waals surface area contributed by atoms with Gasteiger partial charge < -0.3 is 31.5 Å². The summed E-state index contributed by atoms with van der Waals surface area (Å²) in [7, 11) is 0. The van der Waals surface area contributed by atoms with E-state index in [2.05, 4.69) is 13.8 Å². The summed E-state index contributed by atoms with van der Waals surface area (Å²) in [5.41, 5.74) is 11.4. The number of Topliss-reactive ketones (excluding diaryl/α,β-unsaturated/α-hetero) is 1. The van der Waals surface area contributed by atoms with Crippen molar-refractivity contribution in [1.82, 2.24) is 0 Å². The Morgan fingerprint density at radius 3 is 1.23 bits per heavy atom. The van der Waals surface area contributed by atoms with E-state index >= 15 is 0 Å². The first kappa shape index (κ1) is 48.5. The van der Waals surface area contributed by atoms with Crippen LogP contribution in [0.5, 0.6) is 0 Å². The number of unbranched alkanes of at least 4 members (excludes halogenated alkanes) is 22. The molecule has 0 aromatic carbocycles. The molecule has 0 heterocycles. The van der Waals surface area contributed by atoms with E-state index in [4.69, 9.17) is 21.3 Å². The predicted molar refractivity (Wildman–Crippen MR) is 202 cm³/mol. The summed E-state index contributed by atoms with van der Waals surface area (Å²) in [6.45, 7) is 6.85. The molecule has 0 saturated carbocycles. The van der Waals surface area contributed by atoms with E-state index in [1.165, 1.54) is 149 Å². The van der Waals surface area contributed by atoms with Crippen LogP contribution >= 0.6 is 0 Å². The Bertz CT molecular complexity index is 775. The standard InChI is InChI=1S/C22H41NO4.C18H37NO2/c1-4-5-6-7-8-9-10-11-12-13-14-15-16-17-20(26)21(23)22(18(2)24)27-19(3)25;1-2-3-4-5-6-7-8-9-10-11-12-13-14-15-18(21)17(19)16-20/h16-17,20-22,26H,4-15,23H2,1-3H3;14-15,17-18,20-21H,2-13,16,19H2,1H3/b17-16+;15-14+. The summed E-state index contributed by atoms with van der Waals surface area (Å²) in [4.78, 5) is 22.6. The fourth-order valence-corrected chi connectivity index (χ4v) is 5.49. The van der Waals surface area contributed by atoms with Crippen LogP contribution < -0.4 is 11.5 Å². The minimum Gasteiger partial charge on any atom is -0.453 e. The summed E-state index contributed by atoms with van der Waals surface area (Å²) in [6, 6.07) is -1.50. The van der Waals surface area contributed by atoms with Gasteiger partial charge in [-0.3, -0.25) is 9.59 Å². The van der Waals surface area contributed by atoms with Crippen molar-refractivity contribution >= 4 is 11.8 Å². The maximum Gasteiger partial charge on any atom is 0.303 e. The highest BCUT2D eigenvalue weighted by Crippen LogP contribution is 2.14. The number of allylic oxidation sites excluding steroid dienone is 2. The molecule has 7 N–H and O–H groups in total. The zero-order chi connectivity index (χ0) is 36.3. The van der Waals surface area contributed by atoms with Crippen molar-refractivity contribution in [3.05, 3.63) is 24.3 Å². The smallest absolute Gasteiger partial charge is 0.303 e. The predicted octanol–water partition coefficient (Wildman–Crippen LogP) is 8.38. The Morgan fingerprint density at radius 1 is 0.583 bits per heavy atom. The molecule has 0 aromatic heterocycles. The zero-order valence-corrected chi connectivity index (χ0v) is 31.6. The Balaban J connectivity index is 0. The summed E-state index contributed by atoms with van der Waals surface area (Å²) >= 11 is 0. The minimum atomic E-state index is -1.11. The van der Waals surface area contributed by atoms with E-state index in [1.807, 2.05) is 12.2 Å². The van der Waals surface area contributed by atoms with Gasteiger partial charge in [0.15, 0.2) is 11.9 Å². The first-order chi connectivity index (χ1) is 23.1. The molecule has 0 spiro atoms. The van der Waals surface area contributed by atoms with Gasteiger partial charge in [-0.1, -0.05) is 167 Å². The number of hydrogen-bond donors (Lipinski definition) is 5. The molecule has 0 aromatic rings. The molecule has 0 radical (unpaired) electrons. The number of ether oxygens (including phenoxy) is 1. The molecule has 0 amide bonds. The summed E-state index contributed by atoms with van der Waals surface area (Å²) < 4.78 is 4.91. The van der Waals surface area contributed by atoms with Crippen molar-refractivity contribution in [3.63, 3.8) is 0 Å². The van der Waals surface area contributed by atoms with E-state index in [-0.39, 0.29) is 12.4 Å². The number of aliphatic hydroxyl groups excluding tert-OH is 3. The second-order valence-corrected chi connectivity index (χ2v) is 13.6. The third kappa shape index (κ3) is 32.9. The highest BCUT2D eigenvalue weighted by atomic mass is 16.5. The van der Waals surface area contributed by atoms with E-state index in [0.29, 0.717) is 0 Å². The first-order valence-electron chi connectivity index (χ1n) is 19.6. The van der Waals surface area contributed by atoms with Crippen LogP contribution in [0.4, 0.5) is 0 Å². The van der Waals surface area contributed by atoms with Crippen molar-refractivity contribution in [2.24, 2.45) is 11.5 Å². The molecule has 0 aliphatic carbocycles. The number of rotatable bonds is 32. The largest absolute Gasteiger partial charge is 0.453 e. The van der Waals surface area contributed by atoms with Crippen LogP contribution in [0.25, 0.3) is 0 Å². The normalized spacial score (nSPS) is 14.8. The number of aliphatic hydroxyl groups is 3. The molecule has 8 nitrogen and oxygen atoms in total. The van der Waals surface area contributed by atoms with Gasteiger partial charge in [0, 0.05) is 6.92 Å². The maximum atomic E-state index is 11.5. The van der Waals surface area contributed by atoms with Gasteiger partial charge in [0.1, 0.15) is 0 Å². The molecule has 0 fully saturated rings. The quantitative estimate of drug-likeness (QED) is 0.0269. The highest BCUT2D eigenvalue weighted by molar-refractivity contribution is 5.84. The van der Waals surface area contributed by atoms with Gasteiger partial charge in [-0.2, -0.15) is 0 Å². The van der Waals surface area contributed by atoms with Crippen molar-refractivity contribution in [2.75, 3.05) is 6.61 Å². The van der Waals surface area contributed by atoms with Crippen molar-refractivity contribution < 1.29 is 29.6 Å². The number of carbonyl (C=O) groups is 2. The van der Waals surface area contributed by atoms with E-state index in [0.717, 1.165) is 19.3 Å². The summed E-state index contributed by atoms with van der Waals surface area (Å²) in [6.07, 6.45) is 35.4. The highest BCUT2D eigenvalue weighted by Gasteiger charge is 2.29. The number of carbonyl (C=O) groups excluding carboxylic acids is 2. The molecule has 0 saturated heterocycles. The van der Waals surface area contributed by atoms with Crippen LogP contribution in [-0.2, 0) is 14.3 Å². The van der Waals surface area contributed by atoms with E-state index in [1.54, 1.807) is 12.2 Å². The van der Waals surface area contributed by atoms with Gasteiger partial charge in [-0.15, -0.1) is 0 Å². The lowest BCUT2D eigenvalue weighted by atomic mass is 10.0. The van der Waals surface area contributed by atoms with Crippen molar-refractivity contribution in [3.8, 4) is 0 Å². The van der Waals surface area contributed by atoms with Crippen LogP contribution in [0.2, 0.25) is 0 Å². The third-order valence-electron chi connectivity index (χ3n) is 8.70. The molecule has 48 heavy (non-hydrogen) atoms. The molecular formula is C40H78N2O6. The van der Waals surface area contributed by atoms with Crippen molar-refractivity contribution in [1.29, 1.82) is 0 Å². The van der Waals surface area contributed by atoms with Crippen molar-refractivity contribution in [2.45, 2.75) is 212 Å². The number of ketones is 1. The second kappa shape index (κ2) is 36.7. The molecule has 0 bridgehead atoms. The Morgan fingerprint density at radius 2 is 0.917 bits per heavy atom. The van der Waals surface area contributed by atoms with Crippen LogP contribution in [0.15, 0.2) is 24.3 Å². The topological polar surface area (TPSA) is 156 Å². The van der Waals surface area contributed by atoms with Crippen LogP contribution in [0.1, 0.15) is 182 Å². The minimum absolute atomic E-state index is 0.177. The number of esters is 1. The zero-order valence-electron chi connectivity index (χ0n) is 31.6. The fraction of sp³-hybridized carbons (Fsp3) is 0.850. The van der Waals surface area contributed by atoms with Gasteiger partial charge in [-0.05, 0) is 32.6 Å². The van der Waals surface area contributed by atoms with Crippen LogP contribution in [0.3, 0.4) is 0 Å². The van der Waals surface area contributed by atoms with Gasteiger partial charge in [0.05, 0.1) is 30.9 Å². The van der Waals surface area contributed by atoms with Gasteiger partial charge in [0.25, 0.3) is 0 Å². The number of hydrogen-bond acceptors (Lipinski definition) is 8. The third-order valence-corrected chi connectivity index (χ3v) is 8.70. The van der Waals surface area contributed by atoms with E-state index in [9.17, 15) is 19.8 Å². The molecule has 0 aliphatic rings. The van der Waals surface area contributed by atoms with Gasteiger partial charge in [-0.25, -0.2) is 0 Å². The van der Waals surface area contributed by atoms with Crippen LogP contribution in [-0.4, -0.2) is 64.1 Å². The number of nitrogens with two attached hydrogens (primary N) is 2. The molecule has 0 aliphatic heterocycles. The fourth-order valence-electron chi connectivity index (χ4n) is 5.49. The second-order valence-electron chi connectivity index (χ2n) is 13.6. The summed E-state index contributed by atoms with van der Waals surface area (Å²) in [5, 5.41) is 28.4. The lowest BCUT2D eigenvalue weighted by Crippen LogP contribution is -2.49. The summed E-state index contributed by atoms with van der Waals surface area (Å²) in [5.74, 6) is -0.946. The lowest BCUT2D eigenvalue weighted by Gasteiger charge is -2.23. The van der Waals surface area contributed by atoms with Gasteiger partial charge >= 0.3 is 5.97 Å². The average molecular weight is 683 g/mol.